The van der Waals surface area contributed by atoms with Crippen LogP contribution in [0.5, 0.6) is 5.75 Å². The zero-order valence-corrected chi connectivity index (χ0v) is 27.5. The molecule has 0 unspecified atom stereocenters. The number of hydrogen-bond acceptors (Lipinski definition) is 7. The van der Waals surface area contributed by atoms with Crippen molar-refractivity contribution in [1.82, 2.24) is 19.2 Å². The Morgan fingerprint density at radius 2 is 1.72 bits per heavy atom. The van der Waals surface area contributed by atoms with Gasteiger partial charge in [0.1, 0.15) is 11.4 Å². The van der Waals surface area contributed by atoms with Crippen LogP contribution in [0.2, 0.25) is 0 Å². The van der Waals surface area contributed by atoms with Crippen LogP contribution in [0.1, 0.15) is 53.6 Å². The average molecular weight is 637 g/mol. The maximum absolute atomic E-state index is 13.8. The molecule has 9 nitrogen and oxygen atoms in total. The molecule has 0 aliphatic carbocycles. The molecule has 0 amide bonds. The van der Waals surface area contributed by atoms with Gasteiger partial charge in [-0.2, -0.15) is 5.10 Å². The summed E-state index contributed by atoms with van der Waals surface area (Å²) in [5.41, 5.74) is 7.01. The number of morpholine rings is 1. The summed E-state index contributed by atoms with van der Waals surface area (Å²) in [6, 6.07) is 20.9. The van der Waals surface area contributed by atoms with Crippen LogP contribution in [0.3, 0.4) is 0 Å². The van der Waals surface area contributed by atoms with E-state index in [2.05, 4.69) is 45.9 Å². The highest BCUT2D eigenvalue weighted by Gasteiger charge is 2.29. The van der Waals surface area contributed by atoms with Gasteiger partial charge in [0.15, 0.2) is 0 Å². The normalized spacial score (nSPS) is 15.8. The fraction of sp³-hybridized carbons (Fsp3) is 0.421. The molecule has 0 saturated carbocycles. The highest BCUT2D eigenvalue weighted by atomic mass is 16.5. The Morgan fingerprint density at radius 1 is 0.915 bits per heavy atom. The van der Waals surface area contributed by atoms with E-state index in [9.17, 15) is 4.79 Å². The smallest absolute Gasteiger partial charge is 0.355 e. The molecule has 1 saturated heterocycles. The second-order valence-corrected chi connectivity index (χ2v) is 12.4. The van der Waals surface area contributed by atoms with E-state index < -0.39 is 0 Å². The molecule has 1 fully saturated rings. The second kappa shape index (κ2) is 14.3. The van der Waals surface area contributed by atoms with Crippen molar-refractivity contribution in [3.8, 4) is 16.9 Å². The first kappa shape index (κ1) is 31.4. The van der Waals surface area contributed by atoms with E-state index in [0.717, 1.165) is 108 Å². The number of fused-ring (bicyclic) bond motifs is 3. The monoisotopic (exact) mass is 636 g/mol. The lowest BCUT2D eigenvalue weighted by molar-refractivity contribution is 0.0332. The van der Waals surface area contributed by atoms with Crippen LogP contribution in [0, 0.1) is 0 Å². The molecule has 0 bridgehead atoms. The van der Waals surface area contributed by atoms with Gasteiger partial charge in [-0.15, -0.1) is 0 Å². The van der Waals surface area contributed by atoms with E-state index in [1.807, 2.05) is 42.9 Å². The number of nitrogens with zero attached hydrogens (tertiary/aromatic N) is 4. The van der Waals surface area contributed by atoms with Crippen molar-refractivity contribution in [2.75, 3.05) is 46.1 Å². The maximum atomic E-state index is 13.8. The van der Waals surface area contributed by atoms with E-state index in [0.29, 0.717) is 45.1 Å². The van der Waals surface area contributed by atoms with Crippen LogP contribution < -0.4 is 4.74 Å². The summed E-state index contributed by atoms with van der Waals surface area (Å²) in [6.07, 6.45) is 3.23. The molecule has 9 heteroatoms. The van der Waals surface area contributed by atoms with Gasteiger partial charge in [-0.25, -0.2) is 4.79 Å². The van der Waals surface area contributed by atoms with Gasteiger partial charge >= 0.3 is 5.97 Å². The average Bonchev–Trinajstić information content (AvgIpc) is 3.57. The first-order valence-electron chi connectivity index (χ1n) is 17.0. The Kier molecular flexibility index (Phi) is 9.56. The molecule has 0 atom stereocenters. The molecule has 0 N–H and O–H groups in total. The molecule has 3 aromatic carbocycles. The molecule has 7 rings (SSSR count). The summed E-state index contributed by atoms with van der Waals surface area (Å²) in [4.78, 5) is 16.2. The van der Waals surface area contributed by atoms with Crippen molar-refractivity contribution in [2.45, 2.75) is 52.3 Å². The predicted molar refractivity (Wildman–Crippen MR) is 183 cm³/mol. The summed E-state index contributed by atoms with van der Waals surface area (Å²) in [7, 11) is 2.03. The fourth-order valence-electron chi connectivity index (χ4n) is 7.17. The number of aryl methyl sites for hydroxylation is 3. The Bertz CT molecular complexity index is 1860. The molecular formula is C38H44N4O5. The number of benzene rings is 3. The zero-order chi connectivity index (χ0) is 32.2. The highest BCUT2D eigenvalue weighted by molar-refractivity contribution is 6.05. The van der Waals surface area contributed by atoms with Gasteiger partial charge in [-0.3, -0.25) is 9.58 Å². The fourth-order valence-corrected chi connectivity index (χ4v) is 7.17. The van der Waals surface area contributed by atoms with Crippen LogP contribution >= 0.6 is 0 Å². The van der Waals surface area contributed by atoms with E-state index in [1.54, 1.807) is 0 Å². The van der Waals surface area contributed by atoms with E-state index in [1.165, 1.54) is 0 Å². The standard InChI is InChI=1S/C38H44N4O5/c1-3-46-38(43)37-30(16-10-22-47-34-17-8-12-27-11-4-5-13-28(27)34)29-14-9-15-31-35-32(26-45-21-7-6-18-42(37)36(29)31)39-40(2)33(35)25-41-19-23-44-24-20-41/h4-5,8-9,11-15,17H,3,6-7,10,16,18-26H2,1-2H3. The Balaban J connectivity index is 1.30. The van der Waals surface area contributed by atoms with Crippen molar-refractivity contribution in [2.24, 2.45) is 7.05 Å². The Morgan fingerprint density at radius 3 is 2.60 bits per heavy atom. The van der Waals surface area contributed by atoms with Gasteiger partial charge in [-0.1, -0.05) is 54.6 Å². The lowest BCUT2D eigenvalue weighted by atomic mass is 9.97. The summed E-state index contributed by atoms with van der Waals surface area (Å²) in [5, 5.41) is 8.35. The van der Waals surface area contributed by atoms with Crippen LogP contribution in [-0.2, 0) is 47.4 Å². The number of aromatic nitrogens is 3. The minimum Gasteiger partial charge on any atom is -0.493 e. The van der Waals surface area contributed by atoms with E-state index in [4.69, 9.17) is 24.0 Å². The number of rotatable bonds is 9. The Labute approximate surface area is 276 Å². The number of esters is 1. The largest absolute Gasteiger partial charge is 0.493 e. The molecule has 2 aromatic heterocycles. The molecule has 246 valence electrons. The van der Waals surface area contributed by atoms with Gasteiger partial charge in [0.05, 0.1) is 49.9 Å². The van der Waals surface area contributed by atoms with Crippen molar-refractivity contribution in [1.29, 1.82) is 0 Å². The SMILES string of the molecule is CCOC(=O)c1c(CCCOc2cccc3ccccc23)c2cccc3c2n1CCCCOCc1nn(C)c(CN2CCOCC2)c1-3. The molecule has 0 radical (unpaired) electrons. The number of para-hydroxylation sites is 1. The number of ether oxygens (including phenoxy) is 4. The van der Waals surface area contributed by atoms with E-state index >= 15 is 0 Å². The van der Waals surface area contributed by atoms with Gasteiger partial charge in [0.2, 0.25) is 0 Å². The summed E-state index contributed by atoms with van der Waals surface area (Å²) in [5.74, 6) is 0.609. The van der Waals surface area contributed by atoms with Crippen LogP contribution in [0.4, 0.5) is 0 Å². The minimum absolute atomic E-state index is 0.273. The molecule has 2 aliphatic rings. The lowest BCUT2D eigenvalue weighted by Gasteiger charge is -2.27. The Hall–Kier alpha value is -4.18. The topological polar surface area (TPSA) is 80.0 Å². The zero-order valence-electron chi connectivity index (χ0n) is 27.5. The third-order valence-electron chi connectivity index (χ3n) is 9.38. The van der Waals surface area contributed by atoms with Crippen molar-refractivity contribution >= 4 is 27.6 Å². The van der Waals surface area contributed by atoms with Gasteiger partial charge in [0.25, 0.3) is 0 Å². The lowest BCUT2D eigenvalue weighted by Crippen LogP contribution is -2.36. The first-order chi connectivity index (χ1) is 23.1. The molecule has 0 spiro atoms. The van der Waals surface area contributed by atoms with Gasteiger partial charge in [0, 0.05) is 61.7 Å². The van der Waals surface area contributed by atoms with Crippen molar-refractivity contribution < 1.29 is 23.7 Å². The quantitative estimate of drug-likeness (QED) is 0.135. The summed E-state index contributed by atoms with van der Waals surface area (Å²) >= 11 is 0. The number of carbonyl (C=O) groups excluding carboxylic acids is 1. The highest BCUT2D eigenvalue weighted by Crippen LogP contribution is 2.39. The van der Waals surface area contributed by atoms with Crippen molar-refractivity contribution in [3.63, 3.8) is 0 Å². The first-order valence-corrected chi connectivity index (χ1v) is 17.0. The van der Waals surface area contributed by atoms with Crippen LogP contribution in [-0.4, -0.2) is 71.3 Å². The molecule has 47 heavy (non-hydrogen) atoms. The third-order valence-corrected chi connectivity index (χ3v) is 9.38. The number of hydrogen-bond donors (Lipinski definition) is 0. The third kappa shape index (κ3) is 6.40. The van der Waals surface area contributed by atoms with Crippen LogP contribution in [0.15, 0.2) is 60.7 Å². The summed E-state index contributed by atoms with van der Waals surface area (Å²) in [6.45, 7) is 8.52. The molecule has 5 aromatic rings. The van der Waals surface area contributed by atoms with Gasteiger partial charge < -0.3 is 23.5 Å². The number of carbonyl (C=O) groups is 1. The van der Waals surface area contributed by atoms with E-state index in [-0.39, 0.29) is 5.97 Å². The molecule has 2 aliphatic heterocycles. The molecule has 4 heterocycles. The minimum atomic E-state index is -0.273. The van der Waals surface area contributed by atoms with Crippen LogP contribution in [0.25, 0.3) is 32.8 Å². The van der Waals surface area contributed by atoms with Gasteiger partial charge in [-0.05, 0) is 49.6 Å². The maximum Gasteiger partial charge on any atom is 0.355 e. The summed E-state index contributed by atoms with van der Waals surface area (Å²) < 4.78 is 28.1. The predicted octanol–water partition coefficient (Wildman–Crippen LogP) is 6.53. The molecular weight excluding hydrogens is 592 g/mol. The second-order valence-electron chi connectivity index (χ2n) is 12.4. The van der Waals surface area contributed by atoms with Crippen molar-refractivity contribution in [3.05, 3.63) is 83.3 Å².